The van der Waals surface area contributed by atoms with E-state index in [0.29, 0.717) is 19.3 Å². The molecule has 4 heteroatoms. The monoisotopic (exact) mass is 267 g/mol. The van der Waals surface area contributed by atoms with Crippen molar-refractivity contribution in [2.24, 2.45) is 0 Å². The van der Waals surface area contributed by atoms with Gasteiger partial charge in [0.15, 0.2) is 0 Å². The summed E-state index contributed by atoms with van der Waals surface area (Å²) in [5.41, 5.74) is 1.18. The van der Waals surface area contributed by atoms with Gasteiger partial charge in [-0.2, -0.15) is 0 Å². The molecule has 0 aliphatic rings. The van der Waals surface area contributed by atoms with Crippen LogP contribution in [0.25, 0.3) is 0 Å². The zero-order chi connectivity index (χ0) is 14.1. The summed E-state index contributed by atoms with van der Waals surface area (Å²) < 4.78 is 10.7. The summed E-state index contributed by atoms with van der Waals surface area (Å²) >= 11 is 0. The van der Waals surface area contributed by atoms with Gasteiger partial charge in [0.05, 0.1) is 6.61 Å². The lowest BCUT2D eigenvalue weighted by atomic mass is 10.1. The number of ether oxygens (including phenoxy) is 2. The number of benzene rings is 1. The summed E-state index contributed by atoms with van der Waals surface area (Å²) in [6.45, 7) is 8.20. The third-order valence-corrected chi connectivity index (χ3v) is 2.83. The van der Waals surface area contributed by atoms with E-state index < -0.39 is 6.10 Å². The van der Waals surface area contributed by atoms with E-state index in [1.807, 2.05) is 25.1 Å². The van der Waals surface area contributed by atoms with Crippen molar-refractivity contribution >= 4 is 0 Å². The molecule has 0 saturated heterocycles. The van der Waals surface area contributed by atoms with Crippen LogP contribution in [0.2, 0.25) is 0 Å². The highest BCUT2D eigenvalue weighted by atomic mass is 16.5. The quantitative estimate of drug-likeness (QED) is 0.719. The van der Waals surface area contributed by atoms with Crippen LogP contribution in [0.5, 0.6) is 5.75 Å². The largest absolute Gasteiger partial charge is 0.491 e. The summed E-state index contributed by atoms with van der Waals surface area (Å²) in [6, 6.07) is 8.22. The summed E-state index contributed by atoms with van der Waals surface area (Å²) in [4.78, 5) is 0. The van der Waals surface area contributed by atoms with E-state index in [1.54, 1.807) is 0 Å². The third kappa shape index (κ3) is 6.05. The van der Waals surface area contributed by atoms with Gasteiger partial charge in [0, 0.05) is 12.6 Å². The summed E-state index contributed by atoms with van der Waals surface area (Å²) in [5, 5.41) is 13.0. The van der Waals surface area contributed by atoms with Gasteiger partial charge >= 0.3 is 0 Å². The molecule has 0 fully saturated rings. The van der Waals surface area contributed by atoms with Crippen LogP contribution >= 0.6 is 0 Å². The molecule has 0 aromatic heterocycles. The Bertz CT molecular complexity index is 357. The van der Waals surface area contributed by atoms with Crippen molar-refractivity contribution in [3.05, 3.63) is 29.8 Å². The summed E-state index contributed by atoms with van der Waals surface area (Å²) in [7, 11) is 0. The molecule has 0 aliphatic carbocycles. The summed E-state index contributed by atoms with van der Waals surface area (Å²) in [6.07, 6.45) is -0.588. The van der Waals surface area contributed by atoms with Gasteiger partial charge in [-0.05, 0) is 38.1 Å². The number of hydrogen-bond acceptors (Lipinski definition) is 4. The maximum Gasteiger partial charge on any atom is 0.119 e. The number of aliphatic hydroxyl groups is 1. The van der Waals surface area contributed by atoms with E-state index in [9.17, 15) is 5.11 Å². The van der Waals surface area contributed by atoms with Gasteiger partial charge in [-0.15, -0.1) is 0 Å². The van der Waals surface area contributed by atoms with Gasteiger partial charge in [0.2, 0.25) is 0 Å². The molecule has 0 amide bonds. The van der Waals surface area contributed by atoms with Gasteiger partial charge in [0.25, 0.3) is 0 Å². The minimum atomic E-state index is -0.588. The Morgan fingerprint density at radius 3 is 2.74 bits per heavy atom. The highest BCUT2D eigenvalue weighted by Gasteiger charge is 2.07. The molecule has 1 rings (SSSR count). The van der Waals surface area contributed by atoms with E-state index in [4.69, 9.17) is 9.47 Å². The van der Waals surface area contributed by atoms with Gasteiger partial charge in [-0.1, -0.05) is 19.1 Å². The van der Waals surface area contributed by atoms with Gasteiger partial charge < -0.3 is 19.9 Å². The number of aliphatic hydroxyl groups excluding tert-OH is 1. The molecule has 108 valence electrons. The molecule has 4 nitrogen and oxygen atoms in total. The molecule has 19 heavy (non-hydrogen) atoms. The van der Waals surface area contributed by atoms with Crippen LogP contribution in [0.15, 0.2) is 24.3 Å². The molecule has 0 saturated carbocycles. The number of rotatable bonds is 9. The van der Waals surface area contributed by atoms with Crippen LogP contribution in [0, 0.1) is 0 Å². The Labute approximate surface area is 115 Å². The molecule has 0 bridgehead atoms. The second kappa shape index (κ2) is 8.91. The first-order valence-corrected chi connectivity index (χ1v) is 6.89. The van der Waals surface area contributed by atoms with E-state index in [0.717, 1.165) is 12.3 Å². The van der Waals surface area contributed by atoms with Crippen LogP contribution in [-0.4, -0.2) is 37.6 Å². The Balaban J connectivity index is 2.48. The van der Waals surface area contributed by atoms with Crippen LogP contribution in [0.1, 0.15) is 32.4 Å². The predicted molar refractivity (Wildman–Crippen MR) is 76.5 cm³/mol. The molecule has 2 atom stereocenters. The molecule has 0 spiro atoms. The zero-order valence-electron chi connectivity index (χ0n) is 12.1. The summed E-state index contributed by atoms with van der Waals surface area (Å²) in [5.74, 6) is 0.776. The van der Waals surface area contributed by atoms with Crippen molar-refractivity contribution in [2.75, 3.05) is 26.4 Å². The first kappa shape index (κ1) is 16.0. The Hall–Kier alpha value is -1.10. The molecule has 2 N–H and O–H groups in total. The average Bonchev–Trinajstić information content (AvgIpc) is 2.43. The third-order valence-electron chi connectivity index (χ3n) is 2.83. The highest BCUT2D eigenvalue weighted by molar-refractivity contribution is 5.30. The van der Waals surface area contributed by atoms with Crippen LogP contribution in [0.4, 0.5) is 0 Å². The zero-order valence-corrected chi connectivity index (χ0v) is 12.1. The molecule has 2 unspecified atom stereocenters. The lowest BCUT2D eigenvalue weighted by Crippen LogP contribution is -2.23. The van der Waals surface area contributed by atoms with Crippen molar-refractivity contribution in [3.63, 3.8) is 0 Å². The van der Waals surface area contributed by atoms with Crippen molar-refractivity contribution in [2.45, 2.75) is 32.9 Å². The van der Waals surface area contributed by atoms with E-state index in [-0.39, 0.29) is 6.61 Å². The maximum absolute atomic E-state index is 9.64. The van der Waals surface area contributed by atoms with E-state index >= 15 is 0 Å². The Morgan fingerprint density at radius 1 is 1.26 bits per heavy atom. The van der Waals surface area contributed by atoms with E-state index in [1.165, 1.54) is 5.56 Å². The predicted octanol–water partition coefficient (Wildman–Crippen LogP) is 2.13. The second-order valence-electron chi connectivity index (χ2n) is 4.48. The van der Waals surface area contributed by atoms with Crippen molar-refractivity contribution < 1.29 is 14.6 Å². The van der Waals surface area contributed by atoms with Crippen molar-refractivity contribution in [1.29, 1.82) is 0 Å². The standard InChI is InChI=1S/C15H25NO3/c1-4-16-12(3)13-7-6-8-15(9-13)19-11-14(17)10-18-5-2/h6-9,12,14,16-17H,4-5,10-11H2,1-3H3. The maximum atomic E-state index is 9.64. The van der Waals surface area contributed by atoms with E-state index in [2.05, 4.69) is 25.2 Å². The van der Waals surface area contributed by atoms with Crippen molar-refractivity contribution in [3.8, 4) is 5.75 Å². The van der Waals surface area contributed by atoms with Crippen LogP contribution in [-0.2, 0) is 4.74 Å². The smallest absolute Gasteiger partial charge is 0.119 e. The van der Waals surface area contributed by atoms with Crippen LogP contribution in [0.3, 0.4) is 0 Å². The fourth-order valence-corrected chi connectivity index (χ4v) is 1.79. The first-order chi connectivity index (χ1) is 9.17. The lowest BCUT2D eigenvalue weighted by molar-refractivity contribution is 0.0164. The topological polar surface area (TPSA) is 50.7 Å². The minimum Gasteiger partial charge on any atom is -0.491 e. The van der Waals surface area contributed by atoms with Gasteiger partial charge in [0.1, 0.15) is 18.5 Å². The number of hydrogen-bond donors (Lipinski definition) is 2. The molecule has 1 aromatic rings. The normalized spacial score (nSPS) is 14.1. The minimum absolute atomic E-state index is 0.249. The Morgan fingerprint density at radius 2 is 2.05 bits per heavy atom. The molecule has 0 radical (unpaired) electrons. The molecule has 0 heterocycles. The molecule has 1 aromatic carbocycles. The lowest BCUT2D eigenvalue weighted by Gasteiger charge is -2.15. The van der Waals surface area contributed by atoms with Gasteiger partial charge in [-0.25, -0.2) is 0 Å². The molecular weight excluding hydrogens is 242 g/mol. The van der Waals surface area contributed by atoms with Crippen molar-refractivity contribution in [1.82, 2.24) is 5.32 Å². The SMILES string of the molecule is CCNC(C)c1cccc(OCC(O)COCC)c1. The van der Waals surface area contributed by atoms with Gasteiger partial charge in [-0.3, -0.25) is 0 Å². The fourth-order valence-electron chi connectivity index (χ4n) is 1.79. The first-order valence-electron chi connectivity index (χ1n) is 6.89. The fraction of sp³-hybridized carbons (Fsp3) is 0.600. The Kier molecular flexibility index (Phi) is 7.48. The molecular formula is C15H25NO3. The second-order valence-corrected chi connectivity index (χ2v) is 4.48. The number of nitrogens with one attached hydrogen (secondary N) is 1. The average molecular weight is 267 g/mol. The molecule has 0 aliphatic heterocycles. The van der Waals surface area contributed by atoms with Crippen LogP contribution < -0.4 is 10.1 Å². The highest BCUT2D eigenvalue weighted by Crippen LogP contribution is 2.19.